The highest BCUT2D eigenvalue weighted by Gasteiger charge is 2.36. The van der Waals surface area contributed by atoms with Gasteiger partial charge in [0.2, 0.25) is 5.91 Å². The molecule has 0 unspecified atom stereocenters. The third-order valence-corrected chi connectivity index (χ3v) is 5.77. The zero-order chi connectivity index (χ0) is 18.1. The van der Waals surface area contributed by atoms with E-state index in [2.05, 4.69) is 36.8 Å². The van der Waals surface area contributed by atoms with Crippen molar-refractivity contribution in [2.75, 3.05) is 10.6 Å². The first-order chi connectivity index (χ1) is 11.9. The molecule has 5 nitrogen and oxygen atoms in total. The number of anilines is 2. The highest BCUT2D eigenvalue weighted by Crippen LogP contribution is 2.36. The zero-order valence-electron chi connectivity index (χ0n) is 15.1. The van der Waals surface area contributed by atoms with E-state index in [9.17, 15) is 4.79 Å². The summed E-state index contributed by atoms with van der Waals surface area (Å²) in [6.45, 7) is 8.09. The summed E-state index contributed by atoms with van der Waals surface area (Å²) < 4.78 is 0. The quantitative estimate of drug-likeness (QED) is 0.671. The average molecular weight is 356 g/mol. The number of amides is 1. The van der Waals surface area contributed by atoms with Crippen molar-refractivity contribution in [3.05, 3.63) is 41.6 Å². The lowest BCUT2D eigenvalue weighted by molar-refractivity contribution is -0.119. The van der Waals surface area contributed by atoms with Gasteiger partial charge in [-0.1, -0.05) is 43.8 Å². The fraction of sp³-hybridized carbons (Fsp3) is 0.421. The van der Waals surface area contributed by atoms with Crippen molar-refractivity contribution >= 4 is 29.2 Å². The van der Waals surface area contributed by atoms with E-state index in [-0.39, 0.29) is 23.1 Å². The standard InChI is InChI=1S/C19H24N4OS/c1-11(2)17(25-19-21-12(3)9-16(20)22-19)18(24)23-13(4)10-14-7-5-6-8-15(14)23/h5-9,11,13,17H,10H2,1-4H3,(H2,20,21,22)/t13-,17+/m0/s1. The van der Waals surface area contributed by atoms with E-state index in [1.807, 2.05) is 30.0 Å². The van der Waals surface area contributed by atoms with Crippen LogP contribution in [-0.4, -0.2) is 27.2 Å². The first-order valence-corrected chi connectivity index (χ1v) is 9.43. The number of carbonyl (C=O) groups excluding carboxylic acids is 1. The van der Waals surface area contributed by atoms with Gasteiger partial charge in [-0.2, -0.15) is 0 Å². The Bertz CT molecular complexity index is 772. The summed E-state index contributed by atoms with van der Waals surface area (Å²) in [5.41, 5.74) is 8.90. The van der Waals surface area contributed by atoms with E-state index in [0.29, 0.717) is 11.0 Å². The number of rotatable bonds is 4. The van der Waals surface area contributed by atoms with Gasteiger partial charge in [-0.3, -0.25) is 4.79 Å². The van der Waals surface area contributed by atoms with Crippen LogP contribution in [0.3, 0.4) is 0 Å². The predicted molar refractivity (Wildman–Crippen MR) is 103 cm³/mol. The second-order valence-corrected chi connectivity index (χ2v) is 8.00. The molecule has 0 fully saturated rings. The maximum Gasteiger partial charge on any atom is 0.241 e. The van der Waals surface area contributed by atoms with Gasteiger partial charge in [0.05, 0.1) is 5.25 Å². The molecule has 0 spiro atoms. The van der Waals surface area contributed by atoms with Crippen LogP contribution in [0.5, 0.6) is 0 Å². The predicted octanol–water partition coefficient (Wildman–Crippen LogP) is 3.46. The fourth-order valence-electron chi connectivity index (χ4n) is 3.24. The number of thioether (sulfide) groups is 1. The van der Waals surface area contributed by atoms with Crippen molar-refractivity contribution in [2.24, 2.45) is 5.92 Å². The van der Waals surface area contributed by atoms with Crippen LogP contribution in [0.15, 0.2) is 35.5 Å². The number of aryl methyl sites for hydroxylation is 1. The molecule has 1 aliphatic rings. The number of para-hydroxylation sites is 1. The van der Waals surface area contributed by atoms with Crippen LogP contribution >= 0.6 is 11.8 Å². The molecule has 0 bridgehead atoms. The fourth-order valence-corrected chi connectivity index (χ4v) is 4.31. The van der Waals surface area contributed by atoms with Gasteiger partial charge in [-0.05, 0) is 37.8 Å². The molecule has 2 heterocycles. The van der Waals surface area contributed by atoms with Crippen molar-refractivity contribution in [3.63, 3.8) is 0 Å². The van der Waals surface area contributed by atoms with Crippen LogP contribution in [0.1, 0.15) is 32.0 Å². The molecule has 3 rings (SSSR count). The summed E-state index contributed by atoms with van der Waals surface area (Å²) in [4.78, 5) is 24.0. The average Bonchev–Trinajstić information content (AvgIpc) is 2.86. The molecule has 0 aliphatic carbocycles. The second kappa shape index (κ2) is 7.04. The molecule has 1 aromatic carbocycles. The number of nitrogens with two attached hydrogens (primary N) is 1. The number of hydrogen-bond donors (Lipinski definition) is 1. The van der Waals surface area contributed by atoms with Gasteiger partial charge in [0.1, 0.15) is 5.82 Å². The normalized spacial score (nSPS) is 17.6. The Labute approximate surface area is 153 Å². The number of nitrogen functional groups attached to an aromatic ring is 1. The number of aromatic nitrogens is 2. The van der Waals surface area contributed by atoms with Crippen molar-refractivity contribution < 1.29 is 4.79 Å². The molecule has 25 heavy (non-hydrogen) atoms. The molecule has 2 aromatic rings. The van der Waals surface area contributed by atoms with Crippen molar-refractivity contribution in [2.45, 2.75) is 50.6 Å². The van der Waals surface area contributed by atoms with Crippen LogP contribution in [0.4, 0.5) is 11.5 Å². The molecule has 0 saturated carbocycles. The third-order valence-electron chi connectivity index (χ3n) is 4.38. The van der Waals surface area contributed by atoms with Crippen molar-refractivity contribution in [1.82, 2.24) is 9.97 Å². The maximum atomic E-state index is 13.4. The highest BCUT2D eigenvalue weighted by atomic mass is 32.2. The van der Waals surface area contributed by atoms with Gasteiger partial charge in [0.15, 0.2) is 5.16 Å². The number of fused-ring (bicyclic) bond motifs is 1. The topological polar surface area (TPSA) is 72.1 Å². The molecular formula is C19H24N4OS. The van der Waals surface area contributed by atoms with Gasteiger partial charge >= 0.3 is 0 Å². The number of nitrogens with zero attached hydrogens (tertiary/aromatic N) is 3. The van der Waals surface area contributed by atoms with Crippen LogP contribution in [0.25, 0.3) is 0 Å². The number of carbonyl (C=O) groups is 1. The molecule has 132 valence electrons. The van der Waals surface area contributed by atoms with Crippen LogP contribution in [0.2, 0.25) is 0 Å². The van der Waals surface area contributed by atoms with Gasteiger partial charge in [-0.15, -0.1) is 0 Å². The summed E-state index contributed by atoms with van der Waals surface area (Å²) in [6.07, 6.45) is 0.894. The van der Waals surface area contributed by atoms with E-state index in [1.165, 1.54) is 17.3 Å². The first kappa shape index (κ1) is 17.7. The van der Waals surface area contributed by atoms with Gasteiger partial charge in [-0.25, -0.2) is 9.97 Å². The van der Waals surface area contributed by atoms with E-state index >= 15 is 0 Å². The number of benzene rings is 1. The molecule has 0 radical (unpaired) electrons. The second-order valence-electron chi connectivity index (χ2n) is 6.89. The molecule has 1 aromatic heterocycles. The van der Waals surface area contributed by atoms with Gasteiger partial charge < -0.3 is 10.6 Å². The molecule has 6 heteroatoms. The van der Waals surface area contributed by atoms with Gasteiger partial charge in [0, 0.05) is 23.5 Å². The Balaban J connectivity index is 1.89. The third kappa shape index (κ3) is 3.63. The molecule has 2 atom stereocenters. The van der Waals surface area contributed by atoms with E-state index in [1.54, 1.807) is 6.07 Å². The Morgan fingerprint density at radius 2 is 2.04 bits per heavy atom. The Hall–Kier alpha value is -2.08. The number of hydrogen-bond acceptors (Lipinski definition) is 5. The molecule has 1 aliphatic heterocycles. The lowest BCUT2D eigenvalue weighted by Crippen LogP contribution is -2.43. The maximum absolute atomic E-state index is 13.4. The minimum atomic E-state index is -0.255. The largest absolute Gasteiger partial charge is 0.384 e. The molecular weight excluding hydrogens is 332 g/mol. The Kier molecular flexibility index (Phi) is 4.99. The minimum Gasteiger partial charge on any atom is -0.384 e. The lowest BCUT2D eigenvalue weighted by atomic mass is 10.1. The molecule has 2 N–H and O–H groups in total. The van der Waals surface area contributed by atoms with Crippen LogP contribution < -0.4 is 10.6 Å². The van der Waals surface area contributed by atoms with Gasteiger partial charge in [0.25, 0.3) is 0 Å². The summed E-state index contributed by atoms with van der Waals surface area (Å²) in [6, 6.07) is 10.0. The highest BCUT2D eigenvalue weighted by molar-refractivity contribution is 8.00. The first-order valence-electron chi connectivity index (χ1n) is 8.55. The zero-order valence-corrected chi connectivity index (χ0v) is 15.9. The summed E-state index contributed by atoms with van der Waals surface area (Å²) in [5, 5.41) is 0.305. The van der Waals surface area contributed by atoms with E-state index in [0.717, 1.165) is 17.8 Å². The van der Waals surface area contributed by atoms with Crippen LogP contribution in [0, 0.1) is 12.8 Å². The van der Waals surface area contributed by atoms with Crippen molar-refractivity contribution in [1.29, 1.82) is 0 Å². The minimum absolute atomic E-state index is 0.112. The SMILES string of the molecule is Cc1cc(N)nc(S[C@@H](C(=O)N2c3ccccc3C[C@@H]2C)C(C)C)n1. The summed E-state index contributed by atoms with van der Waals surface area (Å²) in [7, 11) is 0. The monoisotopic (exact) mass is 356 g/mol. The Morgan fingerprint density at radius 3 is 2.72 bits per heavy atom. The van der Waals surface area contributed by atoms with E-state index in [4.69, 9.17) is 5.73 Å². The van der Waals surface area contributed by atoms with Crippen LogP contribution in [-0.2, 0) is 11.2 Å². The summed E-state index contributed by atoms with van der Waals surface area (Å²) >= 11 is 1.40. The van der Waals surface area contributed by atoms with Crippen molar-refractivity contribution in [3.8, 4) is 0 Å². The smallest absolute Gasteiger partial charge is 0.241 e. The van der Waals surface area contributed by atoms with E-state index < -0.39 is 0 Å². The summed E-state index contributed by atoms with van der Waals surface area (Å²) in [5.74, 6) is 0.703. The molecule has 1 amide bonds. The molecule has 0 saturated heterocycles. The Morgan fingerprint density at radius 1 is 1.32 bits per heavy atom. The lowest BCUT2D eigenvalue weighted by Gasteiger charge is -2.29.